The Morgan fingerprint density at radius 1 is 0.577 bits per heavy atom. The van der Waals surface area contributed by atoms with Gasteiger partial charge in [0, 0.05) is 35.6 Å². The number of aromatic nitrogens is 2. The highest BCUT2D eigenvalue weighted by molar-refractivity contribution is 5.87. The molecule has 0 spiro atoms. The number of benzene rings is 2. The summed E-state index contributed by atoms with van der Waals surface area (Å²) in [5.41, 5.74) is 1.54. The van der Waals surface area contributed by atoms with Crippen LogP contribution in [0.5, 0.6) is 0 Å². The van der Waals surface area contributed by atoms with E-state index in [4.69, 9.17) is 0 Å². The van der Waals surface area contributed by atoms with Gasteiger partial charge in [-0.3, -0.25) is 9.97 Å². The molecule has 128 valence electrons. The summed E-state index contributed by atoms with van der Waals surface area (Å²) in [6, 6.07) is 15.5. The summed E-state index contributed by atoms with van der Waals surface area (Å²) in [6.45, 7) is 0. The average molecular weight is 340 g/mol. The molecule has 1 fully saturated rings. The van der Waals surface area contributed by atoms with E-state index < -0.39 is 24.0 Å². The number of nitrogens with zero attached hydrogens (tertiary/aromatic N) is 2. The first-order chi connectivity index (χ1) is 12.8. The van der Waals surface area contributed by atoms with Gasteiger partial charge in [0.05, 0.1) is 0 Å². The molecule has 4 nitrogen and oxygen atoms in total. The molecular weight excluding hydrogens is 324 g/mol. The summed E-state index contributed by atoms with van der Waals surface area (Å²) >= 11 is 0. The molecule has 0 aliphatic heterocycles. The molecule has 4 heteroatoms. The zero-order valence-corrected chi connectivity index (χ0v) is 13.9. The van der Waals surface area contributed by atoms with Gasteiger partial charge in [-0.25, -0.2) is 0 Å². The monoisotopic (exact) mass is 340 g/mol. The molecule has 0 atom stereocenters. The van der Waals surface area contributed by atoms with Crippen molar-refractivity contribution >= 4 is 21.5 Å². The molecule has 1 aliphatic carbocycles. The smallest absolute Gasteiger partial charge is 0.0346 e. The van der Waals surface area contributed by atoms with Crippen LogP contribution in [0, 0.1) is 0 Å². The van der Waals surface area contributed by atoms with Crippen molar-refractivity contribution in [1.29, 1.82) is 0 Å². The summed E-state index contributed by atoms with van der Waals surface area (Å²) in [7, 11) is 0. The lowest BCUT2D eigenvalue weighted by Crippen LogP contribution is -2.63. The second-order valence-corrected chi connectivity index (χ2v) is 6.88. The fraction of sp³-hybridized carbons (Fsp3) is 0.182. The first-order valence-electron chi connectivity index (χ1n) is 8.72. The van der Waals surface area contributed by atoms with Crippen LogP contribution in [0.4, 0.5) is 0 Å². The highest BCUT2D eigenvalue weighted by Gasteiger charge is 2.39. The third-order valence-electron chi connectivity index (χ3n) is 5.53. The van der Waals surface area contributed by atoms with E-state index in [-0.39, 0.29) is 0 Å². The Hall–Kier alpha value is -2.82. The lowest BCUT2D eigenvalue weighted by molar-refractivity contribution is -0.535. The molecule has 5 rings (SSSR count). The maximum Gasteiger partial charge on any atom is 0.0346 e. The third kappa shape index (κ3) is 2.16. The molecule has 0 amide bonds. The van der Waals surface area contributed by atoms with Crippen LogP contribution in [0.15, 0.2) is 73.3 Å². The van der Waals surface area contributed by atoms with Crippen LogP contribution in [0.2, 0.25) is 0 Å². The second-order valence-electron chi connectivity index (χ2n) is 6.88. The van der Waals surface area contributed by atoms with Crippen LogP contribution >= 0.6 is 0 Å². The van der Waals surface area contributed by atoms with Crippen LogP contribution < -0.4 is 10.2 Å². The molecule has 2 aromatic heterocycles. The Bertz CT molecular complexity index is 1000. The van der Waals surface area contributed by atoms with E-state index in [1.54, 1.807) is 24.8 Å². The molecule has 0 radical (unpaired) electrons. The van der Waals surface area contributed by atoms with Gasteiger partial charge in [-0.05, 0) is 33.7 Å². The van der Waals surface area contributed by atoms with E-state index in [1.807, 2.05) is 48.5 Å². The molecule has 26 heavy (non-hydrogen) atoms. The Morgan fingerprint density at radius 2 is 1.00 bits per heavy atom. The summed E-state index contributed by atoms with van der Waals surface area (Å²) in [4.78, 5) is 8.48. The van der Waals surface area contributed by atoms with E-state index in [1.165, 1.54) is 0 Å². The molecule has 1 saturated carbocycles. The van der Waals surface area contributed by atoms with E-state index in [0.29, 0.717) is 0 Å². The second kappa shape index (κ2) is 5.87. The number of fused-ring (bicyclic) bond motifs is 2. The highest BCUT2D eigenvalue weighted by atomic mass is 16.3. The summed E-state index contributed by atoms with van der Waals surface area (Å²) < 4.78 is 0. The SMILES string of the molecule is [O-]C1C(c2cncc3ccccc23)C([O-])C1c1cncc2ccccc12. The Kier molecular flexibility index (Phi) is 3.48. The standard InChI is InChI=1S/C22H16N2O2/c25-21-19(17-11-23-9-13-5-1-3-7-15(13)17)22(26)20(21)18-12-24-10-14-6-2-4-8-16(14)18/h1-12,19-22H/q-2. The van der Waals surface area contributed by atoms with Crippen molar-refractivity contribution in [3.05, 3.63) is 84.4 Å². The first kappa shape index (κ1) is 15.4. The van der Waals surface area contributed by atoms with Gasteiger partial charge in [0.2, 0.25) is 0 Å². The molecular formula is C22H16N2O2-2. The zero-order chi connectivity index (χ0) is 17.7. The Balaban J connectivity index is 1.58. The number of rotatable bonds is 2. The zero-order valence-electron chi connectivity index (χ0n) is 13.9. The van der Waals surface area contributed by atoms with Crippen LogP contribution in [0.3, 0.4) is 0 Å². The van der Waals surface area contributed by atoms with Crippen LogP contribution in [-0.4, -0.2) is 22.2 Å². The van der Waals surface area contributed by atoms with Gasteiger partial charge in [0.15, 0.2) is 0 Å². The number of pyridine rings is 2. The lowest BCUT2D eigenvalue weighted by atomic mass is 9.62. The van der Waals surface area contributed by atoms with E-state index in [0.717, 1.165) is 32.7 Å². The summed E-state index contributed by atoms with van der Waals surface area (Å²) in [5.74, 6) is -1.14. The van der Waals surface area contributed by atoms with Crippen molar-refractivity contribution in [2.75, 3.05) is 0 Å². The van der Waals surface area contributed by atoms with Gasteiger partial charge < -0.3 is 10.2 Å². The van der Waals surface area contributed by atoms with Crippen molar-refractivity contribution in [2.24, 2.45) is 0 Å². The van der Waals surface area contributed by atoms with Crippen molar-refractivity contribution in [2.45, 2.75) is 24.0 Å². The number of hydrogen-bond acceptors (Lipinski definition) is 4. The molecule has 0 saturated heterocycles. The van der Waals surface area contributed by atoms with Gasteiger partial charge in [0.1, 0.15) is 0 Å². The molecule has 4 aromatic rings. The van der Waals surface area contributed by atoms with Gasteiger partial charge in [-0.2, -0.15) is 0 Å². The molecule has 1 aliphatic rings. The normalized spacial score (nSPS) is 25.3. The van der Waals surface area contributed by atoms with Crippen molar-refractivity contribution < 1.29 is 10.2 Å². The van der Waals surface area contributed by atoms with Crippen LogP contribution in [-0.2, 0) is 0 Å². The summed E-state index contributed by atoms with van der Waals surface area (Å²) in [6.07, 6.45) is 4.92. The van der Waals surface area contributed by atoms with E-state index in [9.17, 15) is 10.2 Å². The quantitative estimate of drug-likeness (QED) is 0.560. The van der Waals surface area contributed by atoms with Crippen molar-refractivity contribution in [1.82, 2.24) is 9.97 Å². The third-order valence-corrected chi connectivity index (χ3v) is 5.53. The fourth-order valence-corrected chi connectivity index (χ4v) is 4.19. The Morgan fingerprint density at radius 3 is 1.46 bits per heavy atom. The molecule has 0 bridgehead atoms. The maximum atomic E-state index is 13.1. The highest BCUT2D eigenvalue weighted by Crippen LogP contribution is 2.47. The van der Waals surface area contributed by atoms with Crippen LogP contribution in [0.1, 0.15) is 23.0 Å². The minimum atomic E-state index is -0.988. The van der Waals surface area contributed by atoms with E-state index in [2.05, 4.69) is 9.97 Å². The topological polar surface area (TPSA) is 71.9 Å². The predicted octanol–water partition coefficient (Wildman–Crippen LogP) is 2.12. The first-order valence-corrected chi connectivity index (χ1v) is 8.72. The molecule has 2 heterocycles. The summed E-state index contributed by atoms with van der Waals surface area (Å²) in [5, 5.41) is 30.0. The fourth-order valence-electron chi connectivity index (χ4n) is 4.19. The minimum Gasteiger partial charge on any atom is -0.851 e. The minimum absolute atomic E-state index is 0.572. The van der Waals surface area contributed by atoms with E-state index >= 15 is 0 Å². The van der Waals surface area contributed by atoms with Gasteiger partial charge in [-0.15, -0.1) is 12.2 Å². The largest absolute Gasteiger partial charge is 0.851 e. The molecule has 0 N–H and O–H groups in total. The van der Waals surface area contributed by atoms with Gasteiger partial charge >= 0.3 is 0 Å². The van der Waals surface area contributed by atoms with Crippen molar-refractivity contribution in [3.63, 3.8) is 0 Å². The Labute approximate surface area is 150 Å². The average Bonchev–Trinajstić information content (AvgIpc) is 2.69. The lowest BCUT2D eigenvalue weighted by Gasteiger charge is -2.61. The van der Waals surface area contributed by atoms with Gasteiger partial charge in [-0.1, -0.05) is 48.5 Å². The number of hydrogen-bond donors (Lipinski definition) is 0. The van der Waals surface area contributed by atoms with Gasteiger partial charge in [0.25, 0.3) is 0 Å². The maximum absolute atomic E-state index is 13.1. The van der Waals surface area contributed by atoms with Crippen molar-refractivity contribution in [3.8, 4) is 0 Å². The molecule has 2 aromatic carbocycles. The van der Waals surface area contributed by atoms with Crippen LogP contribution in [0.25, 0.3) is 21.5 Å². The predicted molar refractivity (Wildman–Crippen MR) is 96.5 cm³/mol. The molecule has 0 unspecified atom stereocenters.